The zero-order valence-corrected chi connectivity index (χ0v) is 14.1. The minimum atomic E-state index is -1.36. The number of ether oxygens (including phenoxy) is 1. The Morgan fingerprint density at radius 1 is 1.22 bits per heavy atom. The molecule has 0 saturated heterocycles. The maximum atomic E-state index is 12.0. The number of amides is 2. The fourth-order valence-electron chi connectivity index (χ4n) is 2.03. The van der Waals surface area contributed by atoms with Crippen molar-refractivity contribution in [2.24, 2.45) is 0 Å². The van der Waals surface area contributed by atoms with Crippen molar-refractivity contribution in [3.63, 3.8) is 0 Å². The molecule has 2 amide bonds. The molecule has 0 aliphatic carbocycles. The molecule has 0 radical (unpaired) electrons. The highest BCUT2D eigenvalue weighted by atomic mass is 16.6. The minimum absolute atomic E-state index is 0.318. The van der Waals surface area contributed by atoms with Crippen LogP contribution in [-0.2, 0) is 16.0 Å². The van der Waals surface area contributed by atoms with Crippen molar-refractivity contribution in [1.29, 1.82) is 0 Å². The Morgan fingerprint density at radius 2 is 1.83 bits per heavy atom. The summed E-state index contributed by atoms with van der Waals surface area (Å²) in [5.74, 6) is -0.524. The third-order valence-electron chi connectivity index (χ3n) is 3.00. The van der Waals surface area contributed by atoms with Crippen molar-refractivity contribution >= 4 is 12.0 Å². The van der Waals surface area contributed by atoms with Crippen LogP contribution in [0.2, 0.25) is 0 Å². The average molecular weight is 322 g/mol. The number of hydrogen-bond donors (Lipinski definition) is 3. The van der Waals surface area contributed by atoms with Crippen LogP contribution in [-0.4, -0.2) is 41.4 Å². The summed E-state index contributed by atoms with van der Waals surface area (Å²) in [5, 5.41) is 15.4. The molecule has 0 fully saturated rings. The van der Waals surface area contributed by atoms with E-state index in [-0.39, 0.29) is 0 Å². The van der Waals surface area contributed by atoms with Crippen LogP contribution in [0.1, 0.15) is 33.3 Å². The summed E-state index contributed by atoms with van der Waals surface area (Å²) < 4.78 is 5.20. The SMILES string of the molecule is CCNC(=O)C(O)C(Cc1ccccc1)NC(=O)OC(C)(C)C. The molecule has 0 saturated carbocycles. The predicted molar refractivity (Wildman–Crippen MR) is 88.0 cm³/mol. The van der Waals surface area contributed by atoms with E-state index in [9.17, 15) is 14.7 Å². The van der Waals surface area contributed by atoms with E-state index in [1.807, 2.05) is 30.3 Å². The largest absolute Gasteiger partial charge is 0.444 e. The second-order valence-corrected chi connectivity index (χ2v) is 6.28. The topological polar surface area (TPSA) is 87.7 Å². The summed E-state index contributed by atoms with van der Waals surface area (Å²) in [4.78, 5) is 23.9. The molecule has 0 aromatic heterocycles. The molecule has 3 N–H and O–H groups in total. The van der Waals surface area contributed by atoms with Crippen LogP contribution in [0.3, 0.4) is 0 Å². The normalized spacial score (nSPS) is 13.8. The summed E-state index contributed by atoms with van der Waals surface area (Å²) in [6.07, 6.45) is -1.71. The van der Waals surface area contributed by atoms with E-state index in [4.69, 9.17) is 4.74 Å². The maximum absolute atomic E-state index is 12.0. The van der Waals surface area contributed by atoms with Gasteiger partial charge < -0.3 is 20.5 Å². The standard InChI is InChI=1S/C17H26N2O4/c1-5-18-15(21)14(20)13(11-12-9-7-6-8-10-12)19-16(22)23-17(2,3)4/h6-10,13-14,20H,5,11H2,1-4H3,(H,18,21)(H,19,22). The molecular formula is C17H26N2O4. The Kier molecular flexibility index (Phi) is 7.03. The first-order valence-electron chi connectivity index (χ1n) is 7.72. The molecule has 0 heterocycles. The van der Waals surface area contributed by atoms with Gasteiger partial charge in [-0.1, -0.05) is 30.3 Å². The van der Waals surface area contributed by atoms with Gasteiger partial charge in [-0.3, -0.25) is 4.79 Å². The molecule has 1 aromatic rings. The van der Waals surface area contributed by atoms with Crippen LogP contribution in [0, 0.1) is 0 Å². The van der Waals surface area contributed by atoms with Crippen molar-refractivity contribution in [2.45, 2.75) is 51.9 Å². The van der Waals surface area contributed by atoms with Crippen LogP contribution in [0.5, 0.6) is 0 Å². The second-order valence-electron chi connectivity index (χ2n) is 6.28. The number of nitrogens with one attached hydrogen (secondary N) is 2. The first kappa shape index (κ1) is 19.0. The van der Waals surface area contributed by atoms with Crippen molar-refractivity contribution in [2.75, 3.05) is 6.54 Å². The third-order valence-corrected chi connectivity index (χ3v) is 3.00. The van der Waals surface area contributed by atoms with Gasteiger partial charge in [0.25, 0.3) is 5.91 Å². The van der Waals surface area contributed by atoms with Gasteiger partial charge in [0, 0.05) is 6.54 Å². The highest BCUT2D eigenvalue weighted by molar-refractivity contribution is 5.82. The number of likely N-dealkylation sites (N-methyl/N-ethyl adjacent to an activating group) is 1. The average Bonchev–Trinajstić information content (AvgIpc) is 2.45. The molecule has 0 spiro atoms. The van der Waals surface area contributed by atoms with Crippen LogP contribution < -0.4 is 10.6 Å². The molecule has 0 aliphatic rings. The fraction of sp³-hybridized carbons (Fsp3) is 0.529. The van der Waals surface area contributed by atoms with E-state index in [0.29, 0.717) is 13.0 Å². The maximum Gasteiger partial charge on any atom is 0.407 e. The Morgan fingerprint density at radius 3 is 2.35 bits per heavy atom. The van der Waals surface area contributed by atoms with E-state index in [1.54, 1.807) is 27.7 Å². The minimum Gasteiger partial charge on any atom is -0.444 e. The zero-order valence-electron chi connectivity index (χ0n) is 14.1. The number of aliphatic hydroxyl groups is 1. The van der Waals surface area contributed by atoms with Gasteiger partial charge in [0.2, 0.25) is 0 Å². The van der Waals surface area contributed by atoms with E-state index >= 15 is 0 Å². The Labute approximate surface area is 137 Å². The molecule has 6 nitrogen and oxygen atoms in total. The van der Waals surface area contributed by atoms with Gasteiger partial charge in [-0.05, 0) is 39.7 Å². The molecule has 0 aliphatic heterocycles. The zero-order chi connectivity index (χ0) is 17.5. The van der Waals surface area contributed by atoms with Crippen molar-refractivity contribution in [1.82, 2.24) is 10.6 Å². The number of carbonyl (C=O) groups is 2. The van der Waals surface area contributed by atoms with Crippen molar-refractivity contribution in [3.8, 4) is 0 Å². The van der Waals surface area contributed by atoms with E-state index in [0.717, 1.165) is 5.56 Å². The molecule has 128 valence electrons. The smallest absolute Gasteiger partial charge is 0.407 e. The van der Waals surface area contributed by atoms with Gasteiger partial charge in [-0.15, -0.1) is 0 Å². The highest BCUT2D eigenvalue weighted by Crippen LogP contribution is 2.10. The molecule has 6 heteroatoms. The number of benzene rings is 1. The lowest BCUT2D eigenvalue weighted by molar-refractivity contribution is -0.130. The molecular weight excluding hydrogens is 296 g/mol. The number of carbonyl (C=O) groups excluding carboxylic acids is 2. The summed E-state index contributed by atoms with van der Waals surface area (Å²) in [6, 6.07) is 8.55. The van der Waals surface area contributed by atoms with Gasteiger partial charge in [0.05, 0.1) is 6.04 Å². The van der Waals surface area contributed by atoms with Gasteiger partial charge in [0.1, 0.15) is 5.60 Å². The van der Waals surface area contributed by atoms with E-state index < -0.39 is 29.7 Å². The Balaban J connectivity index is 2.83. The molecule has 23 heavy (non-hydrogen) atoms. The molecule has 0 bridgehead atoms. The first-order chi connectivity index (χ1) is 10.7. The summed E-state index contributed by atoms with van der Waals surface area (Å²) in [6.45, 7) is 7.41. The number of aliphatic hydroxyl groups excluding tert-OH is 1. The third kappa shape index (κ3) is 7.15. The summed E-state index contributed by atoms with van der Waals surface area (Å²) in [5.41, 5.74) is 0.245. The van der Waals surface area contributed by atoms with Crippen LogP contribution >= 0.6 is 0 Å². The molecule has 1 aromatic carbocycles. The number of rotatable bonds is 6. The molecule has 1 rings (SSSR count). The van der Waals surface area contributed by atoms with Crippen LogP contribution in [0.15, 0.2) is 30.3 Å². The summed E-state index contributed by atoms with van der Waals surface area (Å²) >= 11 is 0. The Bertz CT molecular complexity index is 511. The lowest BCUT2D eigenvalue weighted by Crippen LogP contribution is -2.52. The highest BCUT2D eigenvalue weighted by Gasteiger charge is 2.29. The summed E-state index contributed by atoms with van der Waals surface area (Å²) in [7, 11) is 0. The van der Waals surface area contributed by atoms with Crippen LogP contribution in [0.4, 0.5) is 4.79 Å². The Hall–Kier alpha value is -2.08. The monoisotopic (exact) mass is 322 g/mol. The first-order valence-corrected chi connectivity index (χ1v) is 7.72. The van der Waals surface area contributed by atoms with Crippen molar-refractivity contribution < 1.29 is 19.4 Å². The number of hydrogen-bond acceptors (Lipinski definition) is 4. The predicted octanol–water partition coefficient (Wildman–Crippen LogP) is 1.62. The van der Waals surface area contributed by atoms with Gasteiger partial charge in [-0.2, -0.15) is 0 Å². The number of alkyl carbamates (subject to hydrolysis) is 1. The lowest BCUT2D eigenvalue weighted by Gasteiger charge is -2.26. The van der Waals surface area contributed by atoms with Gasteiger partial charge >= 0.3 is 6.09 Å². The van der Waals surface area contributed by atoms with E-state index in [2.05, 4.69) is 10.6 Å². The van der Waals surface area contributed by atoms with Gasteiger partial charge in [0.15, 0.2) is 6.10 Å². The van der Waals surface area contributed by atoms with Gasteiger partial charge in [-0.25, -0.2) is 4.79 Å². The van der Waals surface area contributed by atoms with E-state index in [1.165, 1.54) is 0 Å². The fourth-order valence-corrected chi connectivity index (χ4v) is 2.03. The quantitative estimate of drug-likeness (QED) is 0.742. The van der Waals surface area contributed by atoms with Crippen LogP contribution in [0.25, 0.3) is 0 Å². The second kappa shape index (κ2) is 8.53. The lowest BCUT2D eigenvalue weighted by atomic mass is 10.0. The molecule has 2 atom stereocenters. The molecule has 2 unspecified atom stereocenters. The van der Waals surface area contributed by atoms with Crippen molar-refractivity contribution in [3.05, 3.63) is 35.9 Å².